The molecular formula is C15H18N2O2S. The number of benzene rings is 1. The van der Waals surface area contributed by atoms with E-state index in [0.717, 1.165) is 18.4 Å². The summed E-state index contributed by atoms with van der Waals surface area (Å²) in [5.74, 6) is 0.0545. The van der Waals surface area contributed by atoms with Crippen LogP contribution in [0.3, 0.4) is 0 Å². The zero-order chi connectivity index (χ0) is 14.3. The third kappa shape index (κ3) is 2.31. The number of amides is 1. The summed E-state index contributed by atoms with van der Waals surface area (Å²) in [6.45, 7) is 0. The molecule has 2 saturated heterocycles. The van der Waals surface area contributed by atoms with Crippen molar-refractivity contribution in [2.75, 3.05) is 0 Å². The van der Waals surface area contributed by atoms with Crippen LogP contribution in [0.5, 0.6) is 0 Å². The molecule has 0 aliphatic carbocycles. The first-order chi connectivity index (χ1) is 9.56. The first kappa shape index (κ1) is 13.5. The van der Waals surface area contributed by atoms with Crippen LogP contribution < -0.4 is 5.73 Å². The van der Waals surface area contributed by atoms with E-state index in [-0.39, 0.29) is 24.1 Å². The van der Waals surface area contributed by atoms with E-state index in [0.29, 0.717) is 23.4 Å². The standard InChI is InChI=1S/C15H18N2O2S/c16-14(20)9-1-3-10(4-2-9)15(19)17-11-5-6-12(17)8-13(18)7-11/h1-4,11-13,18H,5-8H2,(H2,16,20). The summed E-state index contributed by atoms with van der Waals surface area (Å²) in [5, 5.41) is 9.79. The van der Waals surface area contributed by atoms with Crippen molar-refractivity contribution in [3.05, 3.63) is 35.4 Å². The van der Waals surface area contributed by atoms with Crippen molar-refractivity contribution in [3.8, 4) is 0 Å². The maximum Gasteiger partial charge on any atom is 0.254 e. The third-order valence-electron chi connectivity index (χ3n) is 4.36. The van der Waals surface area contributed by atoms with Gasteiger partial charge in [0, 0.05) is 23.2 Å². The van der Waals surface area contributed by atoms with Crippen molar-refractivity contribution in [1.82, 2.24) is 4.90 Å². The maximum atomic E-state index is 12.6. The van der Waals surface area contributed by atoms with E-state index in [1.54, 1.807) is 24.3 Å². The normalized spacial score (nSPS) is 28.4. The van der Waals surface area contributed by atoms with Crippen molar-refractivity contribution in [3.63, 3.8) is 0 Å². The van der Waals surface area contributed by atoms with Gasteiger partial charge in [-0.15, -0.1) is 0 Å². The number of rotatable bonds is 2. The van der Waals surface area contributed by atoms with Gasteiger partial charge in [-0.3, -0.25) is 4.79 Å². The van der Waals surface area contributed by atoms with Gasteiger partial charge in [0.05, 0.1) is 6.10 Å². The Bertz CT molecular complexity index is 529. The lowest BCUT2D eigenvalue weighted by Crippen LogP contribution is -2.48. The van der Waals surface area contributed by atoms with Gasteiger partial charge >= 0.3 is 0 Å². The topological polar surface area (TPSA) is 66.6 Å². The number of fused-ring (bicyclic) bond motifs is 2. The fourth-order valence-electron chi connectivity index (χ4n) is 3.41. The summed E-state index contributed by atoms with van der Waals surface area (Å²) in [7, 11) is 0. The van der Waals surface area contributed by atoms with Crippen LogP contribution in [0.4, 0.5) is 0 Å². The second kappa shape index (κ2) is 5.14. The van der Waals surface area contributed by atoms with Gasteiger partial charge < -0.3 is 15.7 Å². The van der Waals surface area contributed by atoms with Crippen LogP contribution in [0.1, 0.15) is 41.6 Å². The fourth-order valence-corrected chi connectivity index (χ4v) is 3.54. The molecule has 2 aliphatic rings. The van der Waals surface area contributed by atoms with Crippen molar-refractivity contribution in [2.24, 2.45) is 5.73 Å². The molecule has 0 radical (unpaired) electrons. The number of carbonyl (C=O) groups excluding carboxylic acids is 1. The smallest absolute Gasteiger partial charge is 0.254 e. The average molecular weight is 290 g/mol. The number of nitrogens with two attached hydrogens (primary N) is 1. The van der Waals surface area contributed by atoms with Gasteiger partial charge in [-0.25, -0.2) is 0 Å². The Hall–Kier alpha value is -1.46. The number of aliphatic hydroxyl groups is 1. The lowest BCUT2D eigenvalue weighted by molar-refractivity contribution is 0.0287. The number of thiocarbonyl (C=S) groups is 1. The molecule has 0 spiro atoms. The predicted octanol–water partition coefficient (Wildman–Crippen LogP) is 1.45. The summed E-state index contributed by atoms with van der Waals surface area (Å²) < 4.78 is 0. The largest absolute Gasteiger partial charge is 0.393 e. The quantitative estimate of drug-likeness (QED) is 0.809. The van der Waals surface area contributed by atoms with Gasteiger partial charge in [-0.1, -0.05) is 24.4 Å². The van der Waals surface area contributed by atoms with Crippen LogP contribution in [0, 0.1) is 0 Å². The summed E-state index contributed by atoms with van der Waals surface area (Å²) in [6, 6.07) is 7.51. The summed E-state index contributed by atoms with van der Waals surface area (Å²) in [4.78, 5) is 14.9. The molecule has 1 aromatic carbocycles. The van der Waals surface area contributed by atoms with Crippen LogP contribution in [0.2, 0.25) is 0 Å². The van der Waals surface area contributed by atoms with E-state index in [2.05, 4.69) is 0 Å². The van der Waals surface area contributed by atoms with E-state index in [9.17, 15) is 9.90 Å². The monoisotopic (exact) mass is 290 g/mol. The Morgan fingerprint density at radius 2 is 1.65 bits per heavy atom. The molecule has 2 aliphatic heterocycles. The molecule has 2 unspecified atom stereocenters. The molecule has 1 amide bonds. The highest BCUT2D eigenvalue weighted by Crippen LogP contribution is 2.36. The molecule has 0 saturated carbocycles. The molecule has 2 bridgehead atoms. The number of carbonyl (C=O) groups is 1. The minimum absolute atomic E-state index is 0.0545. The molecule has 3 N–H and O–H groups in total. The van der Waals surface area contributed by atoms with E-state index in [1.807, 2.05) is 4.90 Å². The van der Waals surface area contributed by atoms with Crippen LogP contribution >= 0.6 is 12.2 Å². The van der Waals surface area contributed by atoms with Gasteiger partial charge in [0.1, 0.15) is 4.99 Å². The summed E-state index contributed by atoms with van der Waals surface area (Å²) >= 11 is 4.91. The first-order valence-corrected chi connectivity index (χ1v) is 7.37. The lowest BCUT2D eigenvalue weighted by atomic mass is 9.98. The zero-order valence-electron chi connectivity index (χ0n) is 11.2. The Labute approximate surface area is 123 Å². The van der Waals surface area contributed by atoms with Gasteiger partial charge in [0.25, 0.3) is 5.91 Å². The lowest BCUT2D eigenvalue weighted by Gasteiger charge is -2.37. The van der Waals surface area contributed by atoms with Crippen LogP contribution in [0.15, 0.2) is 24.3 Å². The minimum atomic E-state index is -0.256. The second-order valence-electron chi connectivity index (χ2n) is 5.66. The Morgan fingerprint density at radius 3 is 2.15 bits per heavy atom. The highest BCUT2D eigenvalue weighted by molar-refractivity contribution is 7.80. The molecule has 2 atom stereocenters. The third-order valence-corrected chi connectivity index (χ3v) is 4.59. The summed E-state index contributed by atoms with van der Waals surface area (Å²) in [5.41, 5.74) is 7.00. The van der Waals surface area contributed by atoms with Gasteiger partial charge in [-0.2, -0.15) is 0 Å². The maximum absolute atomic E-state index is 12.6. The van der Waals surface area contributed by atoms with Crippen LogP contribution in [-0.2, 0) is 0 Å². The van der Waals surface area contributed by atoms with Crippen molar-refractivity contribution >= 4 is 23.1 Å². The molecule has 5 heteroatoms. The second-order valence-corrected chi connectivity index (χ2v) is 6.10. The molecule has 2 heterocycles. The molecule has 0 aromatic heterocycles. The minimum Gasteiger partial charge on any atom is -0.393 e. The number of aliphatic hydroxyl groups excluding tert-OH is 1. The zero-order valence-corrected chi connectivity index (χ0v) is 12.0. The van der Waals surface area contributed by atoms with Crippen LogP contribution in [-0.4, -0.2) is 39.1 Å². The van der Waals surface area contributed by atoms with Gasteiger partial charge in [0.15, 0.2) is 0 Å². The van der Waals surface area contributed by atoms with Crippen molar-refractivity contribution in [1.29, 1.82) is 0 Å². The SMILES string of the molecule is NC(=S)c1ccc(C(=O)N2C3CCC2CC(O)C3)cc1. The molecule has 2 fully saturated rings. The highest BCUT2D eigenvalue weighted by atomic mass is 32.1. The van der Waals surface area contributed by atoms with E-state index < -0.39 is 0 Å². The molecule has 1 aromatic rings. The molecule has 106 valence electrons. The predicted molar refractivity (Wildman–Crippen MR) is 80.5 cm³/mol. The average Bonchev–Trinajstić information content (AvgIpc) is 2.70. The van der Waals surface area contributed by atoms with Crippen molar-refractivity contribution < 1.29 is 9.90 Å². The van der Waals surface area contributed by atoms with E-state index in [4.69, 9.17) is 18.0 Å². The Balaban J connectivity index is 1.81. The molecule has 3 rings (SSSR count). The van der Waals surface area contributed by atoms with E-state index in [1.165, 1.54) is 0 Å². The molecule has 4 nitrogen and oxygen atoms in total. The van der Waals surface area contributed by atoms with Crippen LogP contribution in [0.25, 0.3) is 0 Å². The Morgan fingerprint density at radius 1 is 1.15 bits per heavy atom. The molecule has 20 heavy (non-hydrogen) atoms. The first-order valence-electron chi connectivity index (χ1n) is 6.97. The van der Waals surface area contributed by atoms with E-state index >= 15 is 0 Å². The van der Waals surface area contributed by atoms with Gasteiger partial charge in [-0.05, 0) is 37.8 Å². The fraction of sp³-hybridized carbons (Fsp3) is 0.467. The molecular weight excluding hydrogens is 272 g/mol. The van der Waals surface area contributed by atoms with Crippen molar-refractivity contribution in [2.45, 2.75) is 43.9 Å². The highest BCUT2D eigenvalue weighted by Gasteiger charge is 2.42. The number of nitrogens with zero attached hydrogens (tertiary/aromatic N) is 1. The summed E-state index contributed by atoms with van der Waals surface area (Å²) in [6.07, 6.45) is 3.14. The number of hydrogen-bond donors (Lipinski definition) is 2. The number of piperidine rings is 1. The Kier molecular flexibility index (Phi) is 3.48. The van der Waals surface area contributed by atoms with Gasteiger partial charge in [0.2, 0.25) is 0 Å². The number of hydrogen-bond acceptors (Lipinski definition) is 3.